The van der Waals surface area contributed by atoms with Crippen LogP contribution in [0.15, 0.2) is 48.9 Å². The van der Waals surface area contributed by atoms with Crippen molar-refractivity contribution in [1.29, 1.82) is 0 Å². The molecule has 26 heavy (non-hydrogen) atoms. The second-order valence-corrected chi connectivity index (χ2v) is 6.35. The van der Waals surface area contributed by atoms with Crippen LogP contribution < -0.4 is 4.90 Å². The van der Waals surface area contributed by atoms with Crippen LogP contribution in [0.3, 0.4) is 0 Å². The Morgan fingerprint density at radius 3 is 2.65 bits per heavy atom. The first-order valence-electron chi connectivity index (χ1n) is 8.63. The largest absolute Gasteiger partial charge is 0.352 e. The summed E-state index contributed by atoms with van der Waals surface area (Å²) in [7, 11) is 0. The quantitative estimate of drug-likeness (QED) is 0.785. The molecule has 1 fully saturated rings. The van der Waals surface area contributed by atoms with Crippen LogP contribution in [0.1, 0.15) is 16.1 Å². The maximum absolute atomic E-state index is 12.6. The second-order valence-electron chi connectivity index (χ2n) is 6.35. The second kappa shape index (κ2) is 6.95. The molecule has 0 aliphatic carbocycles. The minimum absolute atomic E-state index is 0.0372. The summed E-state index contributed by atoms with van der Waals surface area (Å²) in [4.78, 5) is 25.0. The normalized spacial score (nSPS) is 14.5. The third kappa shape index (κ3) is 3.28. The number of pyridine rings is 2. The molecular formula is C19H20N6O. The molecule has 0 spiro atoms. The molecule has 7 nitrogen and oxygen atoms in total. The lowest BCUT2D eigenvalue weighted by atomic mass is 10.2. The Labute approximate surface area is 151 Å². The SMILES string of the molecule is Cc1ccc(C(=O)N2CCN(c3cc(-c4cccnc4)[nH]n3)CC2)cn1. The highest BCUT2D eigenvalue weighted by Crippen LogP contribution is 2.22. The van der Waals surface area contributed by atoms with E-state index in [0.29, 0.717) is 18.7 Å². The molecule has 0 bridgehead atoms. The van der Waals surface area contributed by atoms with Crippen molar-refractivity contribution in [3.05, 3.63) is 60.2 Å². The van der Waals surface area contributed by atoms with Crippen molar-refractivity contribution in [2.75, 3.05) is 31.1 Å². The average Bonchev–Trinajstić information content (AvgIpc) is 3.19. The number of amides is 1. The predicted molar refractivity (Wildman–Crippen MR) is 98.9 cm³/mol. The van der Waals surface area contributed by atoms with E-state index in [1.165, 1.54) is 0 Å². The van der Waals surface area contributed by atoms with Crippen LogP contribution in [0.4, 0.5) is 5.82 Å². The van der Waals surface area contributed by atoms with Crippen LogP contribution in [-0.2, 0) is 0 Å². The Bertz CT molecular complexity index is 882. The average molecular weight is 348 g/mol. The summed E-state index contributed by atoms with van der Waals surface area (Å²) in [6.45, 7) is 4.75. The minimum atomic E-state index is 0.0372. The smallest absolute Gasteiger partial charge is 0.255 e. The number of aryl methyl sites for hydroxylation is 1. The number of anilines is 1. The number of aromatic nitrogens is 4. The number of H-pyrrole nitrogens is 1. The predicted octanol–water partition coefficient (Wildman–Crippen LogP) is 2.14. The molecular weight excluding hydrogens is 328 g/mol. The van der Waals surface area contributed by atoms with Crippen LogP contribution >= 0.6 is 0 Å². The molecule has 0 radical (unpaired) electrons. The molecule has 1 saturated heterocycles. The lowest BCUT2D eigenvalue weighted by Gasteiger charge is -2.34. The van der Waals surface area contributed by atoms with Gasteiger partial charge in [0.2, 0.25) is 0 Å². The maximum atomic E-state index is 12.6. The Hall–Kier alpha value is -3.22. The molecule has 3 aromatic rings. The number of nitrogens with zero attached hydrogens (tertiary/aromatic N) is 5. The van der Waals surface area contributed by atoms with Crippen molar-refractivity contribution in [2.24, 2.45) is 0 Å². The van der Waals surface area contributed by atoms with Gasteiger partial charge in [-0.1, -0.05) is 0 Å². The van der Waals surface area contributed by atoms with E-state index in [1.54, 1.807) is 12.4 Å². The lowest BCUT2D eigenvalue weighted by molar-refractivity contribution is 0.0746. The highest BCUT2D eigenvalue weighted by Gasteiger charge is 2.23. The van der Waals surface area contributed by atoms with Gasteiger partial charge in [-0.15, -0.1) is 0 Å². The molecule has 1 N–H and O–H groups in total. The first-order chi connectivity index (χ1) is 12.7. The molecule has 4 heterocycles. The van der Waals surface area contributed by atoms with Crippen LogP contribution in [-0.4, -0.2) is 57.2 Å². The van der Waals surface area contributed by atoms with E-state index in [0.717, 1.165) is 35.9 Å². The number of carbonyl (C=O) groups is 1. The highest BCUT2D eigenvalue weighted by atomic mass is 16.2. The molecule has 0 aromatic carbocycles. The fraction of sp³-hybridized carbons (Fsp3) is 0.263. The van der Waals surface area contributed by atoms with Gasteiger partial charge in [0.05, 0.1) is 11.3 Å². The first-order valence-corrected chi connectivity index (χ1v) is 8.63. The summed E-state index contributed by atoms with van der Waals surface area (Å²) in [5, 5.41) is 7.48. The zero-order valence-electron chi connectivity index (χ0n) is 14.6. The molecule has 0 unspecified atom stereocenters. The Balaban J connectivity index is 1.40. The van der Waals surface area contributed by atoms with E-state index in [9.17, 15) is 4.79 Å². The number of rotatable bonds is 3. The van der Waals surface area contributed by atoms with Crippen molar-refractivity contribution in [1.82, 2.24) is 25.1 Å². The topological polar surface area (TPSA) is 78.0 Å². The molecule has 1 aliphatic rings. The molecule has 7 heteroatoms. The number of aromatic amines is 1. The zero-order chi connectivity index (χ0) is 17.9. The van der Waals surface area contributed by atoms with Gasteiger partial charge in [0, 0.05) is 62.1 Å². The van der Waals surface area contributed by atoms with Gasteiger partial charge >= 0.3 is 0 Å². The third-order valence-corrected chi connectivity index (χ3v) is 4.59. The number of piperazine rings is 1. The van der Waals surface area contributed by atoms with E-state index in [1.807, 2.05) is 48.4 Å². The van der Waals surface area contributed by atoms with E-state index >= 15 is 0 Å². The van der Waals surface area contributed by atoms with E-state index in [-0.39, 0.29) is 5.91 Å². The van der Waals surface area contributed by atoms with Crippen molar-refractivity contribution < 1.29 is 4.79 Å². The van der Waals surface area contributed by atoms with Crippen molar-refractivity contribution in [2.45, 2.75) is 6.92 Å². The third-order valence-electron chi connectivity index (χ3n) is 4.59. The van der Waals surface area contributed by atoms with Crippen molar-refractivity contribution in [3.8, 4) is 11.3 Å². The van der Waals surface area contributed by atoms with Crippen LogP contribution in [0, 0.1) is 6.92 Å². The van der Waals surface area contributed by atoms with Gasteiger partial charge in [-0.3, -0.25) is 19.9 Å². The summed E-state index contributed by atoms with van der Waals surface area (Å²) >= 11 is 0. The number of hydrogen-bond acceptors (Lipinski definition) is 5. The molecule has 3 aromatic heterocycles. The fourth-order valence-electron chi connectivity index (χ4n) is 3.06. The lowest BCUT2D eigenvalue weighted by Crippen LogP contribution is -2.49. The minimum Gasteiger partial charge on any atom is -0.352 e. The van der Waals surface area contributed by atoms with Gasteiger partial charge in [0.1, 0.15) is 0 Å². The number of hydrogen-bond donors (Lipinski definition) is 1. The van der Waals surface area contributed by atoms with Gasteiger partial charge in [-0.05, 0) is 31.2 Å². The van der Waals surface area contributed by atoms with Gasteiger partial charge in [0.15, 0.2) is 5.82 Å². The number of carbonyl (C=O) groups excluding carboxylic acids is 1. The first kappa shape index (κ1) is 16.3. The van der Waals surface area contributed by atoms with Gasteiger partial charge in [-0.2, -0.15) is 5.10 Å². The molecule has 1 aliphatic heterocycles. The Kier molecular flexibility index (Phi) is 4.35. The molecule has 4 rings (SSSR count). The van der Waals surface area contributed by atoms with Gasteiger partial charge in [0.25, 0.3) is 5.91 Å². The van der Waals surface area contributed by atoms with Crippen molar-refractivity contribution in [3.63, 3.8) is 0 Å². The standard InChI is InChI=1S/C19H20N6O/c1-14-4-5-16(13-21-14)19(26)25-9-7-24(8-10-25)18-11-17(22-23-18)15-3-2-6-20-12-15/h2-6,11-13H,7-10H2,1H3,(H,22,23). The summed E-state index contributed by atoms with van der Waals surface area (Å²) in [5.74, 6) is 0.934. The van der Waals surface area contributed by atoms with Crippen LogP contribution in [0.5, 0.6) is 0 Å². The summed E-state index contributed by atoms with van der Waals surface area (Å²) in [6.07, 6.45) is 5.21. The molecule has 0 saturated carbocycles. The monoisotopic (exact) mass is 348 g/mol. The maximum Gasteiger partial charge on any atom is 0.255 e. The van der Waals surface area contributed by atoms with E-state index in [2.05, 4.69) is 25.1 Å². The molecule has 1 amide bonds. The van der Waals surface area contributed by atoms with Gasteiger partial charge < -0.3 is 9.80 Å². The summed E-state index contributed by atoms with van der Waals surface area (Å²) in [5.41, 5.74) is 3.50. The van der Waals surface area contributed by atoms with Crippen LogP contribution in [0.2, 0.25) is 0 Å². The van der Waals surface area contributed by atoms with Crippen molar-refractivity contribution >= 4 is 11.7 Å². The Morgan fingerprint density at radius 2 is 1.96 bits per heavy atom. The molecule has 0 atom stereocenters. The van der Waals surface area contributed by atoms with E-state index < -0.39 is 0 Å². The number of nitrogens with one attached hydrogen (secondary N) is 1. The van der Waals surface area contributed by atoms with Crippen LogP contribution in [0.25, 0.3) is 11.3 Å². The Morgan fingerprint density at radius 1 is 1.12 bits per heavy atom. The summed E-state index contributed by atoms with van der Waals surface area (Å²) in [6, 6.07) is 9.63. The highest BCUT2D eigenvalue weighted by molar-refractivity contribution is 5.94. The summed E-state index contributed by atoms with van der Waals surface area (Å²) < 4.78 is 0. The van der Waals surface area contributed by atoms with E-state index in [4.69, 9.17) is 0 Å². The fourth-order valence-corrected chi connectivity index (χ4v) is 3.06. The zero-order valence-corrected chi connectivity index (χ0v) is 14.6. The molecule has 132 valence electrons. The van der Waals surface area contributed by atoms with Gasteiger partial charge in [-0.25, -0.2) is 0 Å².